The van der Waals surface area contributed by atoms with E-state index in [2.05, 4.69) is 0 Å². The Morgan fingerprint density at radius 2 is 1.81 bits per heavy atom. The zero-order valence-corrected chi connectivity index (χ0v) is 15.5. The molecule has 6 nitrogen and oxygen atoms in total. The monoisotopic (exact) mass is 370 g/mol. The number of benzene rings is 2. The zero-order chi connectivity index (χ0) is 19.8. The number of rotatable bonds is 9. The van der Waals surface area contributed by atoms with Crippen LogP contribution < -0.4 is 14.2 Å². The minimum Gasteiger partial charge on any atom is -0.493 e. The van der Waals surface area contributed by atoms with E-state index in [0.29, 0.717) is 29.4 Å². The first kappa shape index (κ1) is 20.0. The summed E-state index contributed by atoms with van der Waals surface area (Å²) < 4.78 is 16.0. The van der Waals surface area contributed by atoms with Crippen LogP contribution in [0.15, 0.2) is 48.5 Å². The molecule has 27 heavy (non-hydrogen) atoms. The topological polar surface area (TPSA) is 82.1 Å². The van der Waals surface area contributed by atoms with Crippen molar-refractivity contribution in [2.45, 2.75) is 20.0 Å². The highest BCUT2D eigenvalue weighted by Crippen LogP contribution is 2.28. The summed E-state index contributed by atoms with van der Waals surface area (Å²) in [5.41, 5.74) is 1.28. The van der Waals surface area contributed by atoms with Crippen molar-refractivity contribution in [2.24, 2.45) is 0 Å². The molecule has 2 rings (SSSR count). The van der Waals surface area contributed by atoms with Crippen molar-refractivity contribution in [1.82, 2.24) is 0 Å². The quantitative estimate of drug-likeness (QED) is 0.533. The summed E-state index contributed by atoms with van der Waals surface area (Å²) in [5, 5.41) is 8.85. The molecule has 1 N–H and O–H groups in total. The number of hydrogen-bond acceptors (Lipinski definition) is 5. The Morgan fingerprint density at radius 3 is 2.41 bits per heavy atom. The van der Waals surface area contributed by atoms with Crippen LogP contribution in [0, 0.1) is 0 Å². The fourth-order valence-corrected chi connectivity index (χ4v) is 2.29. The SMILES string of the molecule is CCOc1cc(/C=C/C(=O)c2ccc(OC(C)C(=O)O)cc2)ccc1OC. The van der Waals surface area contributed by atoms with Gasteiger partial charge in [-0.1, -0.05) is 12.1 Å². The van der Waals surface area contributed by atoms with Crippen LogP contribution in [0.25, 0.3) is 6.08 Å². The van der Waals surface area contributed by atoms with Gasteiger partial charge in [0.2, 0.25) is 0 Å². The van der Waals surface area contributed by atoms with Gasteiger partial charge in [-0.15, -0.1) is 0 Å². The molecule has 2 aromatic rings. The molecule has 0 spiro atoms. The lowest BCUT2D eigenvalue weighted by molar-refractivity contribution is -0.144. The zero-order valence-electron chi connectivity index (χ0n) is 15.5. The maximum Gasteiger partial charge on any atom is 0.344 e. The average Bonchev–Trinajstić information content (AvgIpc) is 2.67. The lowest BCUT2D eigenvalue weighted by Gasteiger charge is -2.10. The van der Waals surface area contributed by atoms with E-state index in [0.717, 1.165) is 5.56 Å². The molecular formula is C21H22O6. The lowest BCUT2D eigenvalue weighted by atomic mass is 10.1. The Hall–Kier alpha value is -3.28. The largest absolute Gasteiger partial charge is 0.493 e. The number of carbonyl (C=O) groups excluding carboxylic acids is 1. The second-order valence-corrected chi connectivity index (χ2v) is 5.66. The second-order valence-electron chi connectivity index (χ2n) is 5.66. The fraction of sp³-hybridized carbons (Fsp3) is 0.238. The number of hydrogen-bond donors (Lipinski definition) is 1. The maximum absolute atomic E-state index is 12.3. The van der Waals surface area contributed by atoms with Crippen LogP contribution in [0.5, 0.6) is 17.2 Å². The summed E-state index contributed by atoms with van der Waals surface area (Å²) in [6.45, 7) is 3.84. The van der Waals surface area contributed by atoms with Gasteiger partial charge < -0.3 is 19.3 Å². The van der Waals surface area contributed by atoms with Crippen LogP contribution in [0.1, 0.15) is 29.8 Å². The van der Waals surface area contributed by atoms with Gasteiger partial charge in [0.05, 0.1) is 13.7 Å². The van der Waals surface area contributed by atoms with Crippen molar-refractivity contribution in [3.05, 3.63) is 59.7 Å². The minimum absolute atomic E-state index is 0.179. The molecular weight excluding hydrogens is 348 g/mol. The summed E-state index contributed by atoms with van der Waals surface area (Å²) in [6, 6.07) is 11.7. The Bertz CT molecular complexity index is 823. The van der Waals surface area contributed by atoms with Gasteiger partial charge in [-0.2, -0.15) is 0 Å². The average molecular weight is 370 g/mol. The van der Waals surface area contributed by atoms with Crippen LogP contribution in [0.2, 0.25) is 0 Å². The van der Waals surface area contributed by atoms with E-state index in [1.807, 2.05) is 13.0 Å². The third kappa shape index (κ3) is 5.60. The van der Waals surface area contributed by atoms with E-state index in [1.165, 1.54) is 13.0 Å². The van der Waals surface area contributed by atoms with E-state index in [1.54, 1.807) is 49.6 Å². The van der Waals surface area contributed by atoms with E-state index >= 15 is 0 Å². The molecule has 0 aliphatic rings. The van der Waals surface area contributed by atoms with Crippen LogP contribution >= 0.6 is 0 Å². The molecule has 1 unspecified atom stereocenters. The normalized spacial score (nSPS) is 11.8. The van der Waals surface area contributed by atoms with Crippen molar-refractivity contribution in [2.75, 3.05) is 13.7 Å². The summed E-state index contributed by atoms with van der Waals surface area (Å²) in [5.74, 6) is 0.405. The van der Waals surface area contributed by atoms with E-state index in [4.69, 9.17) is 19.3 Å². The molecule has 0 bridgehead atoms. The number of ketones is 1. The first-order valence-electron chi connectivity index (χ1n) is 8.47. The van der Waals surface area contributed by atoms with Crippen molar-refractivity contribution in [3.63, 3.8) is 0 Å². The van der Waals surface area contributed by atoms with Gasteiger partial charge in [0, 0.05) is 5.56 Å². The van der Waals surface area contributed by atoms with Crippen molar-refractivity contribution < 1.29 is 28.9 Å². The highest BCUT2D eigenvalue weighted by Gasteiger charge is 2.12. The Balaban J connectivity index is 2.08. The van der Waals surface area contributed by atoms with Crippen LogP contribution in [-0.2, 0) is 4.79 Å². The summed E-state index contributed by atoms with van der Waals surface area (Å²) in [6.07, 6.45) is 2.20. The highest BCUT2D eigenvalue weighted by atomic mass is 16.5. The van der Waals surface area contributed by atoms with E-state index < -0.39 is 12.1 Å². The van der Waals surface area contributed by atoms with E-state index in [9.17, 15) is 9.59 Å². The number of methoxy groups -OCH3 is 1. The molecule has 0 aliphatic heterocycles. The molecule has 1 atom stereocenters. The third-order valence-corrected chi connectivity index (χ3v) is 3.71. The third-order valence-electron chi connectivity index (χ3n) is 3.71. The lowest BCUT2D eigenvalue weighted by Crippen LogP contribution is -2.22. The molecule has 6 heteroatoms. The highest BCUT2D eigenvalue weighted by molar-refractivity contribution is 6.06. The number of allylic oxidation sites excluding steroid dienone is 1. The number of carboxylic acid groups (broad SMARTS) is 1. The van der Waals surface area contributed by atoms with Crippen molar-refractivity contribution in [3.8, 4) is 17.2 Å². The van der Waals surface area contributed by atoms with Crippen LogP contribution in [0.3, 0.4) is 0 Å². The Kier molecular flexibility index (Phi) is 7.00. The molecule has 0 amide bonds. The van der Waals surface area contributed by atoms with Gasteiger partial charge in [0.25, 0.3) is 0 Å². The van der Waals surface area contributed by atoms with Crippen LogP contribution in [0.4, 0.5) is 0 Å². The smallest absolute Gasteiger partial charge is 0.344 e. The van der Waals surface area contributed by atoms with Gasteiger partial charge >= 0.3 is 5.97 Å². The number of aliphatic carboxylic acids is 1. The molecule has 0 aliphatic carbocycles. The van der Waals surface area contributed by atoms with Crippen molar-refractivity contribution in [1.29, 1.82) is 0 Å². The fourth-order valence-electron chi connectivity index (χ4n) is 2.29. The van der Waals surface area contributed by atoms with Gasteiger partial charge in [0.15, 0.2) is 23.4 Å². The molecule has 2 aromatic carbocycles. The Morgan fingerprint density at radius 1 is 1.11 bits per heavy atom. The molecule has 0 fully saturated rings. The predicted molar refractivity (Wildman–Crippen MR) is 102 cm³/mol. The van der Waals surface area contributed by atoms with Crippen molar-refractivity contribution >= 4 is 17.8 Å². The first-order chi connectivity index (χ1) is 12.9. The van der Waals surface area contributed by atoms with Gasteiger partial charge in [-0.05, 0) is 61.9 Å². The van der Waals surface area contributed by atoms with Gasteiger partial charge in [-0.25, -0.2) is 4.79 Å². The molecule has 0 saturated carbocycles. The van der Waals surface area contributed by atoms with Gasteiger partial charge in [-0.3, -0.25) is 4.79 Å². The summed E-state index contributed by atoms with van der Waals surface area (Å²) in [4.78, 5) is 23.1. The first-order valence-corrected chi connectivity index (χ1v) is 8.47. The predicted octanol–water partition coefficient (Wildman–Crippen LogP) is 3.84. The van der Waals surface area contributed by atoms with E-state index in [-0.39, 0.29) is 5.78 Å². The minimum atomic E-state index is -1.05. The molecule has 0 heterocycles. The number of carboxylic acids is 1. The maximum atomic E-state index is 12.3. The summed E-state index contributed by atoms with van der Waals surface area (Å²) >= 11 is 0. The Labute approximate surface area is 158 Å². The molecule has 0 saturated heterocycles. The summed E-state index contributed by atoms with van der Waals surface area (Å²) in [7, 11) is 1.57. The molecule has 0 radical (unpaired) electrons. The van der Waals surface area contributed by atoms with Gasteiger partial charge in [0.1, 0.15) is 5.75 Å². The molecule has 142 valence electrons. The second kappa shape index (κ2) is 9.43. The number of carbonyl (C=O) groups is 2. The van der Waals surface area contributed by atoms with Crippen LogP contribution in [-0.4, -0.2) is 36.7 Å². The molecule has 0 aromatic heterocycles. The number of ether oxygens (including phenoxy) is 3. The standard InChI is InChI=1S/C21H22O6/c1-4-26-20-13-15(6-12-19(20)25-3)5-11-18(22)16-7-9-17(10-8-16)27-14(2)21(23)24/h5-14H,4H2,1-3H3,(H,23,24)/b11-5+.